The predicted octanol–water partition coefficient (Wildman–Crippen LogP) is 3.84. The van der Waals surface area contributed by atoms with Crippen molar-refractivity contribution >= 4 is 50.3 Å². The quantitative estimate of drug-likeness (QED) is 0.562. The fourth-order valence-electron chi connectivity index (χ4n) is 4.04. The zero-order valence-corrected chi connectivity index (χ0v) is 21.4. The molecular weight excluding hydrogens is 507 g/mol. The van der Waals surface area contributed by atoms with Gasteiger partial charge in [0, 0.05) is 45.0 Å². The molecule has 0 bridgehead atoms. The number of carbonyl (C=O) groups excluding carboxylic acids is 1. The van der Waals surface area contributed by atoms with Gasteiger partial charge in [-0.15, -0.1) is 11.3 Å². The first kappa shape index (κ1) is 24.8. The number of likely N-dealkylation sites (tertiary alicyclic amines) is 1. The first-order chi connectivity index (χ1) is 15.7. The van der Waals surface area contributed by atoms with E-state index in [4.69, 9.17) is 32.7 Å². The normalized spacial score (nSPS) is 20.7. The van der Waals surface area contributed by atoms with Gasteiger partial charge in [-0.1, -0.05) is 23.2 Å². The third-order valence-electron chi connectivity index (χ3n) is 5.77. The summed E-state index contributed by atoms with van der Waals surface area (Å²) in [5.41, 5.74) is 0. The minimum absolute atomic E-state index is 0.0791. The summed E-state index contributed by atoms with van der Waals surface area (Å²) in [6.45, 7) is 3.95. The van der Waals surface area contributed by atoms with Crippen molar-refractivity contribution in [2.24, 2.45) is 0 Å². The average Bonchev–Trinajstić information content (AvgIpc) is 3.28. The number of sulfone groups is 1. The van der Waals surface area contributed by atoms with Crippen molar-refractivity contribution in [2.75, 3.05) is 45.6 Å². The van der Waals surface area contributed by atoms with Crippen molar-refractivity contribution in [3.63, 3.8) is 0 Å². The standard InChI is InChI=1S/C22H26Cl2N2O5S2/c1-33(28,29)21-5-4-20(32-21)22(27)26-10-11-30-17(14-26)13-25-8-6-15(7-9-25)31-16-2-3-18(23)19(24)12-16/h2-5,12,15,17H,6-11,13-14H2,1H3. The molecule has 0 spiro atoms. The summed E-state index contributed by atoms with van der Waals surface area (Å²) >= 11 is 13.1. The molecule has 1 amide bonds. The number of ether oxygens (including phenoxy) is 2. The Kier molecular flexibility index (Phi) is 7.87. The fraction of sp³-hybridized carbons (Fsp3) is 0.500. The number of hydrogen-bond acceptors (Lipinski definition) is 7. The molecule has 0 N–H and O–H groups in total. The number of piperidine rings is 1. The lowest BCUT2D eigenvalue weighted by molar-refractivity contribution is -0.0413. The first-order valence-corrected chi connectivity index (χ1v) is 14.2. The molecule has 3 heterocycles. The molecule has 11 heteroatoms. The zero-order valence-electron chi connectivity index (χ0n) is 18.2. The SMILES string of the molecule is CS(=O)(=O)c1ccc(C(=O)N2CCOC(CN3CCC(Oc4ccc(Cl)c(Cl)c4)CC3)C2)s1. The van der Waals surface area contributed by atoms with E-state index in [2.05, 4.69) is 4.90 Å². The van der Waals surface area contributed by atoms with Gasteiger partial charge in [0.05, 0.1) is 27.6 Å². The van der Waals surface area contributed by atoms with E-state index >= 15 is 0 Å². The third-order valence-corrected chi connectivity index (χ3v) is 9.41. The Labute approximate surface area is 208 Å². The molecule has 2 aliphatic rings. The highest BCUT2D eigenvalue weighted by Crippen LogP contribution is 2.28. The average molecular weight is 533 g/mol. The minimum atomic E-state index is -3.31. The summed E-state index contributed by atoms with van der Waals surface area (Å²) in [5.74, 6) is 0.581. The predicted molar refractivity (Wildman–Crippen MR) is 130 cm³/mol. The van der Waals surface area contributed by atoms with Crippen LogP contribution in [0, 0.1) is 0 Å². The van der Waals surface area contributed by atoms with Crippen LogP contribution in [-0.2, 0) is 14.6 Å². The minimum Gasteiger partial charge on any atom is -0.490 e. The molecule has 1 aromatic carbocycles. The van der Waals surface area contributed by atoms with Crippen LogP contribution in [0.15, 0.2) is 34.5 Å². The molecule has 2 saturated heterocycles. The highest BCUT2D eigenvalue weighted by atomic mass is 35.5. The number of nitrogens with zero attached hydrogens (tertiary/aromatic N) is 2. The molecule has 0 saturated carbocycles. The number of halogens is 2. The van der Waals surface area contributed by atoms with Crippen LogP contribution in [0.4, 0.5) is 0 Å². The van der Waals surface area contributed by atoms with Gasteiger partial charge in [-0.3, -0.25) is 4.79 Å². The number of amides is 1. The number of benzene rings is 1. The van der Waals surface area contributed by atoms with Crippen LogP contribution in [0.3, 0.4) is 0 Å². The van der Waals surface area contributed by atoms with E-state index in [-0.39, 0.29) is 22.3 Å². The van der Waals surface area contributed by atoms with Crippen LogP contribution < -0.4 is 4.74 Å². The summed E-state index contributed by atoms with van der Waals surface area (Å²) in [6.07, 6.45) is 2.96. The number of hydrogen-bond donors (Lipinski definition) is 0. The Balaban J connectivity index is 1.26. The number of carbonyl (C=O) groups is 1. The molecule has 180 valence electrons. The third kappa shape index (κ3) is 6.41. The summed E-state index contributed by atoms with van der Waals surface area (Å²) in [7, 11) is -3.31. The van der Waals surface area contributed by atoms with E-state index in [1.165, 1.54) is 6.07 Å². The summed E-state index contributed by atoms with van der Waals surface area (Å²) in [4.78, 5) is 17.4. The molecule has 33 heavy (non-hydrogen) atoms. The smallest absolute Gasteiger partial charge is 0.264 e. The van der Waals surface area contributed by atoms with Crippen LogP contribution in [0.25, 0.3) is 0 Å². The molecule has 7 nitrogen and oxygen atoms in total. The van der Waals surface area contributed by atoms with E-state index in [0.717, 1.165) is 55.8 Å². The molecular formula is C22H26Cl2N2O5S2. The van der Waals surface area contributed by atoms with Crippen molar-refractivity contribution in [1.82, 2.24) is 9.80 Å². The maximum atomic E-state index is 12.9. The zero-order chi connectivity index (χ0) is 23.6. The number of thiophene rings is 1. The molecule has 0 radical (unpaired) electrons. The van der Waals surface area contributed by atoms with Gasteiger partial charge in [-0.2, -0.15) is 0 Å². The number of morpholine rings is 1. The van der Waals surface area contributed by atoms with E-state index in [9.17, 15) is 13.2 Å². The Morgan fingerprint density at radius 2 is 1.91 bits per heavy atom. The maximum Gasteiger partial charge on any atom is 0.264 e. The maximum absolute atomic E-state index is 12.9. The lowest BCUT2D eigenvalue weighted by Crippen LogP contribution is -2.51. The summed E-state index contributed by atoms with van der Waals surface area (Å²) in [5, 5.41) is 0.990. The first-order valence-electron chi connectivity index (χ1n) is 10.7. The highest BCUT2D eigenvalue weighted by Gasteiger charge is 2.29. The molecule has 1 aromatic heterocycles. The van der Waals surface area contributed by atoms with Crippen molar-refractivity contribution in [3.8, 4) is 5.75 Å². The Morgan fingerprint density at radius 1 is 1.15 bits per heavy atom. The van der Waals surface area contributed by atoms with Crippen LogP contribution in [-0.4, -0.2) is 81.9 Å². The van der Waals surface area contributed by atoms with E-state index in [1.807, 2.05) is 6.07 Å². The second kappa shape index (κ2) is 10.5. The van der Waals surface area contributed by atoms with Gasteiger partial charge in [0.2, 0.25) is 0 Å². The topological polar surface area (TPSA) is 76.2 Å². The van der Waals surface area contributed by atoms with Gasteiger partial charge in [0.15, 0.2) is 9.84 Å². The van der Waals surface area contributed by atoms with E-state index < -0.39 is 9.84 Å². The van der Waals surface area contributed by atoms with Gasteiger partial charge in [-0.25, -0.2) is 8.42 Å². The molecule has 4 rings (SSSR count). The second-order valence-corrected chi connectivity index (χ2v) is 12.5. The molecule has 1 atom stereocenters. The van der Waals surface area contributed by atoms with Crippen LogP contribution >= 0.6 is 34.5 Å². The molecule has 2 aliphatic heterocycles. The van der Waals surface area contributed by atoms with Gasteiger partial charge in [0.1, 0.15) is 16.1 Å². The summed E-state index contributed by atoms with van der Waals surface area (Å²) in [6, 6.07) is 8.39. The molecule has 2 aromatic rings. The van der Waals surface area contributed by atoms with Crippen molar-refractivity contribution in [3.05, 3.63) is 45.3 Å². The van der Waals surface area contributed by atoms with Crippen molar-refractivity contribution in [1.29, 1.82) is 0 Å². The Morgan fingerprint density at radius 3 is 2.58 bits per heavy atom. The van der Waals surface area contributed by atoms with E-state index in [0.29, 0.717) is 34.6 Å². The lowest BCUT2D eigenvalue weighted by Gasteiger charge is -2.38. The van der Waals surface area contributed by atoms with Gasteiger partial charge < -0.3 is 19.3 Å². The van der Waals surface area contributed by atoms with Gasteiger partial charge >= 0.3 is 0 Å². The molecule has 1 unspecified atom stereocenters. The molecule has 0 aliphatic carbocycles. The van der Waals surface area contributed by atoms with Crippen LogP contribution in [0.5, 0.6) is 5.75 Å². The monoisotopic (exact) mass is 532 g/mol. The largest absolute Gasteiger partial charge is 0.490 e. The van der Waals surface area contributed by atoms with Crippen LogP contribution in [0.2, 0.25) is 10.0 Å². The molecule has 2 fully saturated rings. The van der Waals surface area contributed by atoms with Crippen LogP contribution in [0.1, 0.15) is 22.5 Å². The second-order valence-electron chi connectivity index (χ2n) is 8.33. The Hall–Kier alpha value is -1.36. The number of rotatable bonds is 6. The Bertz CT molecular complexity index is 1100. The van der Waals surface area contributed by atoms with Gasteiger partial charge in [-0.05, 0) is 37.1 Å². The van der Waals surface area contributed by atoms with Gasteiger partial charge in [0.25, 0.3) is 5.91 Å². The van der Waals surface area contributed by atoms with Crippen molar-refractivity contribution < 1.29 is 22.7 Å². The summed E-state index contributed by atoms with van der Waals surface area (Å²) < 4.78 is 35.6. The fourth-order valence-corrected chi connectivity index (χ4v) is 6.23. The highest BCUT2D eigenvalue weighted by molar-refractivity contribution is 7.92. The lowest BCUT2D eigenvalue weighted by atomic mass is 10.1. The van der Waals surface area contributed by atoms with E-state index in [1.54, 1.807) is 23.1 Å². The van der Waals surface area contributed by atoms with Crippen molar-refractivity contribution in [2.45, 2.75) is 29.3 Å².